The molecule has 0 unspecified atom stereocenters. The lowest BCUT2D eigenvalue weighted by Gasteiger charge is -2.11. The predicted molar refractivity (Wildman–Crippen MR) is 117 cm³/mol. The zero-order chi connectivity index (χ0) is 19.6. The average Bonchev–Trinajstić information content (AvgIpc) is 2.70. The number of para-hydroxylation sites is 1. The first kappa shape index (κ1) is 19.6. The molecule has 142 valence electrons. The number of carbonyl (C=O) groups excluding carboxylic acids is 1. The first-order valence-electron chi connectivity index (χ1n) is 9.17. The van der Waals surface area contributed by atoms with Gasteiger partial charge in [0, 0.05) is 18.2 Å². The van der Waals surface area contributed by atoms with Crippen LogP contribution in [-0.2, 0) is 11.2 Å². The monoisotopic (exact) mass is 390 g/mol. The summed E-state index contributed by atoms with van der Waals surface area (Å²) < 4.78 is 5.81. The third-order valence-electron chi connectivity index (χ3n) is 4.04. The number of nitrogens with one attached hydrogen (secondary N) is 2. The summed E-state index contributed by atoms with van der Waals surface area (Å²) in [7, 11) is 0. The van der Waals surface area contributed by atoms with Crippen molar-refractivity contribution in [1.82, 2.24) is 5.32 Å². The predicted octanol–water partition coefficient (Wildman–Crippen LogP) is 5.31. The quantitative estimate of drug-likeness (QED) is 0.537. The second kappa shape index (κ2) is 10.2. The topological polar surface area (TPSA) is 50.4 Å². The maximum atomic E-state index is 12.1. The van der Waals surface area contributed by atoms with Crippen molar-refractivity contribution in [2.24, 2.45) is 0 Å². The van der Waals surface area contributed by atoms with Crippen molar-refractivity contribution in [2.45, 2.75) is 19.3 Å². The Morgan fingerprint density at radius 2 is 1.54 bits per heavy atom. The van der Waals surface area contributed by atoms with Gasteiger partial charge in [0.1, 0.15) is 11.5 Å². The van der Waals surface area contributed by atoms with Crippen LogP contribution in [0.1, 0.15) is 18.4 Å². The van der Waals surface area contributed by atoms with Crippen molar-refractivity contribution in [1.29, 1.82) is 0 Å². The molecular weight excluding hydrogens is 368 g/mol. The van der Waals surface area contributed by atoms with Crippen molar-refractivity contribution >= 4 is 28.9 Å². The number of hydrogen-bond acceptors (Lipinski definition) is 3. The molecule has 2 N–H and O–H groups in total. The van der Waals surface area contributed by atoms with E-state index >= 15 is 0 Å². The Morgan fingerprint density at radius 1 is 0.857 bits per heavy atom. The molecule has 0 aliphatic carbocycles. The van der Waals surface area contributed by atoms with Gasteiger partial charge in [-0.1, -0.05) is 54.6 Å². The summed E-state index contributed by atoms with van der Waals surface area (Å²) in [6, 6.07) is 27.1. The van der Waals surface area contributed by atoms with E-state index in [9.17, 15) is 4.79 Å². The van der Waals surface area contributed by atoms with Crippen LogP contribution in [-0.4, -0.2) is 11.0 Å². The molecule has 0 fully saturated rings. The summed E-state index contributed by atoms with van der Waals surface area (Å²) in [6.45, 7) is 0. The van der Waals surface area contributed by atoms with Crippen molar-refractivity contribution in [3.8, 4) is 11.5 Å². The fourth-order valence-corrected chi connectivity index (χ4v) is 2.94. The number of aryl methyl sites for hydroxylation is 1. The fraction of sp³-hybridized carbons (Fsp3) is 0.130. The van der Waals surface area contributed by atoms with E-state index in [1.54, 1.807) is 0 Å². The third kappa shape index (κ3) is 6.52. The largest absolute Gasteiger partial charge is 0.457 e. The Hall–Kier alpha value is -3.18. The lowest BCUT2D eigenvalue weighted by molar-refractivity contribution is -0.119. The Kier molecular flexibility index (Phi) is 7.15. The highest BCUT2D eigenvalue weighted by atomic mass is 32.1. The number of benzene rings is 3. The van der Waals surface area contributed by atoms with Crippen LogP contribution in [0.4, 0.5) is 5.69 Å². The van der Waals surface area contributed by atoms with Crippen LogP contribution in [0.2, 0.25) is 0 Å². The average molecular weight is 391 g/mol. The Labute approximate surface area is 170 Å². The SMILES string of the molecule is O=C(CCCc1ccccc1)NC(=S)Nc1cccc(Oc2ccccc2)c1. The molecule has 5 heteroatoms. The molecule has 3 rings (SSSR count). The number of hydrogen-bond donors (Lipinski definition) is 2. The zero-order valence-electron chi connectivity index (χ0n) is 15.4. The highest BCUT2D eigenvalue weighted by molar-refractivity contribution is 7.80. The lowest BCUT2D eigenvalue weighted by atomic mass is 10.1. The molecule has 0 atom stereocenters. The Morgan fingerprint density at radius 3 is 2.29 bits per heavy atom. The standard InChI is InChI=1S/C23H22N2O2S/c26-22(16-7-11-18-9-3-1-4-10-18)25-23(28)24-19-12-8-15-21(17-19)27-20-13-5-2-6-14-20/h1-6,8-10,12-15,17H,7,11,16H2,(H2,24,25,26,28). The molecular formula is C23H22N2O2S. The van der Waals surface area contributed by atoms with Gasteiger partial charge in [0.25, 0.3) is 0 Å². The van der Waals surface area contributed by atoms with E-state index < -0.39 is 0 Å². The fourth-order valence-electron chi connectivity index (χ4n) is 2.71. The van der Waals surface area contributed by atoms with E-state index in [0.29, 0.717) is 12.2 Å². The molecule has 3 aromatic carbocycles. The van der Waals surface area contributed by atoms with Crippen LogP contribution in [0, 0.1) is 0 Å². The van der Waals surface area contributed by atoms with Crippen molar-refractivity contribution < 1.29 is 9.53 Å². The molecule has 0 bridgehead atoms. The van der Waals surface area contributed by atoms with Crippen LogP contribution in [0.5, 0.6) is 11.5 Å². The van der Waals surface area contributed by atoms with Gasteiger partial charge in [-0.05, 0) is 54.9 Å². The van der Waals surface area contributed by atoms with Crippen molar-refractivity contribution in [3.05, 3.63) is 90.5 Å². The minimum absolute atomic E-state index is 0.0925. The van der Waals surface area contributed by atoms with Gasteiger partial charge in [-0.15, -0.1) is 0 Å². The smallest absolute Gasteiger partial charge is 0.226 e. The first-order chi connectivity index (χ1) is 13.7. The molecule has 0 heterocycles. The molecule has 0 saturated carbocycles. The van der Waals surface area contributed by atoms with Gasteiger partial charge in [-0.25, -0.2) is 0 Å². The number of carbonyl (C=O) groups is 1. The van der Waals surface area contributed by atoms with Gasteiger partial charge in [-0.2, -0.15) is 0 Å². The van der Waals surface area contributed by atoms with Gasteiger partial charge in [-0.3, -0.25) is 4.79 Å². The first-order valence-corrected chi connectivity index (χ1v) is 9.57. The summed E-state index contributed by atoms with van der Waals surface area (Å²) in [5, 5.41) is 6.03. The Bertz CT molecular complexity index is 914. The maximum Gasteiger partial charge on any atom is 0.226 e. The molecule has 0 aromatic heterocycles. The molecule has 0 aliphatic heterocycles. The van der Waals surface area contributed by atoms with E-state index in [1.807, 2.05) is 72.8 Å². The molecule has 0 saturated heterocycles. The van der Waals surface area contributed by atoms with E-state index in [2.05, 4.69) is 22.8 Å². The summed E-state index contributed by atoms with van der Waals surface area (Å²) >= 11 is 5.25. The summed E-state index contributed by atoms with van der Waals surface area (Å²) in [4.78, 5) is 12.1. The molecule has 0 aliphatic rings. The van der Waals surface area contributed by atoms with Crippen molar-refractivity contribution in [3.63, 3.8) is 0 Å². The normalized spacial score (nSPS) is 10.1. The minimum atomic E-state index is -0.0925. The molecule has 0 radical (unpaired) electrons. The number of amides is 1. The lowest BCUT2D eigenvalue weighted by Crippen LogP contribution is -2.33. The van der Waals surface area contributed by atoms with Crippen LogP contribution in [0.25, 0.3) is 0 Å². The van der Waals surface area contributed by atoms with Gasteiger partial charge in [0.05, 0.1) is 0 Å². The molecule has 4 nitrogen and oxygen atoms in total. The van der Waals surface area contributed by atoms with Crippen LogP contribution in [0.15, 0.2) is 84.9 Å². The van der Waals surface area contributed by atoms with Gasteiger partial charge in [0.15, 0.2) is 5.11 Å². The number of anilines is 1. The van der Waals surface area contributed by atoms with Gasteiger partial charge in [0.2, 0.25) is 5.91 Å². The Balaban J connectivity index is 1.45. The van der Waals surface area contributed by atoms with E-state index in [-0.39, 0.29) is 11.0 Å². The van der Waals surface area contributed by atoms with E-state index in [0.717, 1.165) is 24.3 Å². The highest BCUT2D eigenvalue weighted by Gasteiger charge is 2.06. The van der Waals surface area contributed by atoms with E-state index in [1.165, 1.54) is 5.56 Å². The number of ether oxygens (including phenoxy) is 1. The second-order valence-corrected chi connectivity index (χ2v) is 6.69. The van der Waals surface area contributed by atoms with E-state index in [4.69, 9.17) is 17.0 Å². The zero-order valence-corrected chi connectivity index (χ0v) is 16.2. The summed E-state index contributed by atoms with van der Waals surface area (Å²) in [6.07, 6.45) is 2.07. The molecule has 0 spiro atoms. The van der Waals surface area contributed by atoms with Gasteiger partial charge < -0.3 is 15.4 Å². The summed E-state index contributed by atoms with van der Waals surface area (Å²) in [5.41, 5.74) is 1.98. The summed E-state index contributed by atoms with van der Waals surface area (Å²) in [5.74, 6) is 1.35. The number of rotatable bonds is 7. The van der Waals surface area contributed by atoms with Crippen LogP contribution < -0.4 is 15.4 Å². The number of thiocarbonyl (C=S) groups is 1. The molecule has 3 aromatic rings. The third-order valence-corrected chi connectivity index (χ3v) is 4.24. The second-order valence-electron chi connectivity index (χ2n) is 6.28. The van der Waals surface area contributed by atoms with Gasteiger partial charge >= 0.3 is 0 Å². The molecule has 1 amide bonds. The van der Waals surface area contributed by atoms with Crippen LogP contribution >= 0.6 is 12.2 Å². The minimum Gasteiger partial charge on any atom is -0.457 e. The van der Waals surface area contributed by atoms with Crippen LogP contribution in [0.3, 0.4) is 0 Å². The highest BCUT2D eigenvalue weighted by Crippen LogP contribution is 2.23. The van der Waals surface area contributed by atoms with Crippen molar-refractivity contribution in [2.75, 3.05) is 5.32 Å². The molecule has 28 heavy (non-hydrogen) atoms. The maximum absolute atomic E-state index is 12.1.